The topological polar surface area (TPSA) is 37.4 Å². The van der Waals surface area contributed by atoms with Crippen LogP contribution in [-0.2, 0) is 23.1 Å². The fourth-order valence-corrected chi connectivity index (χ4v) is 3.07. The van der Waals surface area contributed by atoms with Crippen molar-refractivity contribution in [1.29, 1.82) is 0 Å². The average Bonchev–Trinajstić information content (AvgIpc) is 2.49. The van der Waals surface area contributed by atoms with Gasteiger partial charge in [-0.05, 0) is 18.1 Å². The van der Waals surface area contributed by atoms with Crippen LogP contribution in [0.2, 0.25) is 0 Å². The van der Waals surface area contributed by atoms with Crippen molar-refractivity contribution in [2.24, 2.45) is 0 Å². The van der Waals surface area contributed by atoms with Gasteiger partial charge in [0.25, 0.3) is 0 Å². The molecule has 0 N–H and O–H groups in total. The van der Waals surface area contributed by atoms with Gasteiger partial charge < -0.3 is 0 Å². The molecular formula is C16H19NO2S. The van der Waals surface area contributed by atoms with Crippen LogP contribution in [0.4, 0.5) is 0 Å². The molecule has 2 rings (SSSR count). The first-order valence-corrected chi connectivity index (χ1v) is 8.28. The largest absolute Gasteiger partial charge is 0.214 e. The molecule has 0 aromatic heterocycles. The van der Waals surface area contributed by atoms with Gasteiger partial charge in [0.1, 0.15) is 0 Å². The molecule has 106 valence electrons. The smallest absolute Gasteiger partial charge is 0.212 e. The Kier molecular flexibility index (Phi) is 4.93. The SMILES string of the molecule is CCS(=O)(=O)N(Cc1ccccc1)Cc1ccccc1. The minimum Gasteiger partial charge on any atom is -0.212 e. The van der Waals surface area contributed by atoms with Crippen LogP contribution < -0.4 is 0 Å². The van der Waals surface area contributed by atoms with Gasteiger partial charge in [-0.2, -0.15) is 4.31 Å². The molecule has 0 aliphatic carbocycles. The Morgan fingerprint density at radius 2 is 1.20 bits per heavy atom. The second-order valence-electron chi connectivity index (χ2n) is 4.64. The Morgan fingerprint density at radius 1 is 0.800 bits per heavy atom. The van der Waals surface area contributed by atoms with Crippen molar-refractivity contribution in [2.45, 2.75) is 20.0 Å². The summed E-state index contributed by atoms with van der Waals surface area (Å²) in [6.45, 7) is 2.50. The second-order valence-corrected chi connectivity index (χ2v) is 6.90. The Bertz CT molecular complexity index is 583. The summed E-state index contributed by atoms with van der Waals surface area (Å²) in [6, 6.07) is 19.4. The molecule has 0 aliphatic rings. The summed E-state index contributed by atoms with van der Waals surface area (Å²) < 4.78 is 26.0. The predicted octanol–water partition coefficient (Wildman–Crippen LogP) is 3.04. The van der Waals surface area contributed by atoms with E-state index in [9.17, 15) is 8.42 Å². The maximum absolute atomic E-state index is 12.2. The van der Waals surface area contributed by atoms with E-state index in [0.29, 0.717) is 13.1 Å². The summed E-state index contributed by atoms with van der Waals surface area (Å²) >= 11 is 0. The van der Waals surface area contributed by atoms with Crippen molar-refractivity contribution >= 4 is 10.0 Å². The number of sulfonamides is 1. The van der Waals surface area contributed by atoms with Crippen molar-refractivity contribution in [2.75, 3.05) is 5.75 Å². The Labute approximate surface area is 120 Å². The highest BCUT2D eigenvalue weighted by atomic mass is 32.2. The van der Waals surface area contributed by atoms with Gasteiger partial charge in [0.15, 0.2) is 0 Å². The van der Waals surface area contributed by atoms with E-state index in [4.69, 9.17) is 0 Å². The third-order valence-electron chi connectivity index (χ3n) is 3.16. The Balaban J connectivity index is 2.22. The van der Waals surface area contributed by atoms with Gasteiger partial charge in [0, 0.05) is 13.1 Å². The van der Waals surface area contributed by atoms with Crippen LogP contribution in [-0.4, -0.2) is 18.5 Å². The molecular weight excluding hydrogens is 270 g/mol. The molecule has 0 aliphatic heterocycles. The summed E-state index contributed by atoms with van der Waals surface area (Å²) in [4.78, 5) is 0. The molecule has 20 heavy (non-hydrogen) atoms. The molecule has 2 aromatic rings. The highest BCUT2D eigenvalue weighted by molar-refractivity contribution is 7.89. The average molecular weight is 289 g/mol. The zero-order chi connectivity index (χ0) is 14.4. The zero-order valence-corrected chi connectivity index (χ0v) is 12.4. The van der Waals surface area contributed by atoms with Gasteiger partial charge in [0.2, 0.25) is 10.0 Å². The van der Waals surface area contributed by atoms with E-state index in [1.54, 1.807) is 6.92 Å². The standard InChI is InChI=1S/C16H19NO2S/c1-2-20(18,19)17(13-15-9-5-3-6-10-15)14-16-11-7-4-8-12-16/h3-12H,2,13-14H2,1H3. The number of hydrogen-bond acceptors (Lipinski definition) is 2. The van der Waals surface area contributed by atoms with E-state index in [2.05, 4.69) is 0 Å². The van der Waals surface area contributed by atoms with Gasteiger partial charge in [-0.1, -0.05) is 60.7 Å². The molecule has 0 amide bonds. The molecule has 0 atom stereocenters. The third kappa shape index (κ3) is 3.92. The lowest BCUT2D eigenvalue weighted by Gasteiger charge is -2.21. The summed E-state index contributed by atoms with van der Waals surface area (Å²) in [5.74, 6) is 0.118. The molecule has 3 nitrogen and oxygen atoms in total. The van der Waals surface area contributed by atoms with Gasteiger partial charge in [-0.25, -0.2) is 8.42 Å². The maximum atomic E-state index is 12.2. The van der Waals surface area contributed by atoms with E-state index in [0.717, 1.165) is 11.1 Å². The van der Waals surface area contributed by atoms with Crippen molar-refractivity contribution in [3.63, 3.8) is 0 Å². The van der Waals surface area contributed by atoms with E-state index in [-0.39, 0.29) is 5.75 Å². The Hall–Kier alpha value is -1.65. The van der Waals surface area contributed by atoms with Gasteiger partial charge >= 0.3 is 0 Å². The normalized spacial score (nSPS) is 11.7. The maximum Gasteiger partial charge on any atom is 0.214 e. The number of hydrogen-bond donors (Lipinski definition) is 0. The molecule has 0 heterocycles. The molecule has 0 unspecified atom stereocenters. The molecule has 2 aromatic carbocycles. The highest BCUT2D eigenvalue weighted by Gasteiger charge is 2.20. The quantitative estimate of drug-likeness (QED) is 0.819. The molecule has 4 heteroatoms. The van der Waals surface area contributed by atoms with Crippen molar-refractivity contribution < 1.29 is 8.42 Å². The molecule has 0 radical (unpaired) electrons. The molecule has 0 spiro atoms. The Morgan fingerprint density at radius 3 is 1.55 bits per heavy atom. The summed E-state index contributed by atoms with van der Waals surface area (Å²) in [5, 5.41) is 0. The van der Waals surface area contributed by atoms with Crippen molar-refractivity contribution in [3.8, 4) is 0 Å². The van der Waals surface area contributed by atoms with Crippen LogP contribution in [0.1, 0.15) is 18.1 Å². The number of benzene rings is 2. The van der Waals surface area contributed by atoms with Crippen LogP contribution in [0.25, 0.3) is 0 Å². The number of rotatable bonds is 6. The highest BCUT2D eigenvalue weighted by Crippen LogP contribution is 2.14. The van der Waals surface area contributed by atoms with Crippen LogP contribution in [0, 0.1) is 0 Å². The minimum absolute atomic E-state index is 0.118. The van der Waals surface area contributed by atoms with E-state index < -0.39 is 10.0 Å². The fraction of sp³-hybridized carbons (Fsp3) is 0.250. The molecule has 0 fully saturated rings. The lowest BCUT2D eigenvalue weighted by molar-refractivity contribution is 0.402. The zero-order valence-electron chi connectivity index (χ0n) is 11.6. The lowest BCUT2D eigenvalue weighted by Crippen LogP contribution is -2.31. The molecule has 0 bridgehead atoms. The van der Waals surface area contributed by atoms with E-state index in [1.165, 1.54) is 4.31 Å². The van der Waals surface area contributed by atoms with Gasteiger partial charge in [-0.3, -0.25) is 0 Å². The second kappa shape index (κ2) is 6.68. The van der Waals surface area contributed by atoms with E-state index >= 15 is 0 Å². The molecule has 0 saturated carbocycles. The fourth-order valence-electron chi connectivity index (χ4n) is 2.01. The van der Waals surface area contributed by atoms with Crippen LogP contribution in [0.3, 0.4) is 0 Å². The van der Waals surface area contributed by atoms with Crippen LogP contribution in [0.15, 0.2) is 60.7 Å². The minimum atomic E-state index is -3.22. The molecule has 0 saturated heterocycles. The third-order valence-corrected chi connectivity index (χ3v) is 4.94. The first kappa shape index (κ1) is 14.8. The van der Waals surface area contributed by atoms with Crippen LogP contribution >= 0.6 is 0 Å². The lowest BCUT2D eigenvalue weighted by atomic mass is 10.2. The first-order valence-electron chi connectivity index (χ1n) is 6.67. The summed E-state index contributed by atoms with van der Waals surface area (Å²) in [6.07, 6.45) is 0. The van der Waals surface area contributed by atoms with Crippen molar-refractivity contribution in [3.05, 3.63) is 71.8 Å². The first-order chi connectivity index (χ1) is 9.62. The monoisotopic (exact) mass is 289 g/mol. The van der Waals surface area contributed by atoms with Crippen LogP contribution in [0.5, 0.6) is 0 Å². The van der Waals surface area contributed by atoms with E-state index in [1.807, 2.05) is 60.7 Å². The summed E-state index contributed by atoms with van der Waals surface area (Å²) in [7, 11) is -3.22. The van der Waals surface area contributed by atoms with Crippen molar-refractivity contribution in [1.82, 2.24) is 4.31 Å². The van der Waals surface area contributed by atoms with Gasteiger partial charge in [-0.15, -0.1) is 0 Å². The summed E-state index contributed by atoms with van der Waals surface area (Å²) in [5.41, 5.74) is 2.00. The predicted molar refractivity (Wildman–Crippen MR) is 81.6 cm³/mol. The number of nitrogens with zero attached hydrogens (tertiary/aromatic N) is 1. The van der Waals surface area contributed by atoms with Gasteiger partial charge in [0.05, 0.1) is 5.75 Å².